The van der Waals surface area contributed by atoms with Gasteiger partial charge in [0.1, 0.15) is 17.5 Å². The quantitative estimate of drug-likeness (QED) is 0.760. The molecule has 0 fully saturated rings. The van der Waals surface area contributed by atoms with E-state index in [0.717, 1.165) is 0 Å². The number of esters is 1. The minimum absolute atomic E-state index is 0.0614. The number of sulfonamides is 1. The van der Waals surface area contributed by atoms with Crippen molar-refractivity contribution in [3.05, 3.63) is 23.8 Å². The summed E-state index contributed by atoms with van der Waals surface area (Å²) >= 11 is 0. The molecule has 0 spiro atoms. The fourth-order valence-electron chi connectivity index (χ4n) is 1.56. The van der Waals surface area contributed by atoms with Crippen molar-refractivity contribution in [3.8, 4) is 11.8 Å². The van der Waals surface area contributed by atoms with Gasteiger partial charge in [0.25, 0.3) is 0 Å². The Balaban J connectivity index is 2.90. The molecular weight excluding hydrogens is 296 g/mol. The second-order valence-electron chi connectivity index (χ2n) is 3.97. The van der Waals surface area contributed by atoms with Gasteiger partial charge in [0.05, 0.1) is 31.5 Å². The number of anilines is 1. The molecule has 114 valence electrons. The second kappa shape index (κ2) is 7.50. The number of para-hydroxylation sites is 1. The summed E-state index contributed by atoms with van der Waals surface area (Å²) in [7, 11) is -2.43. The summed E-state index contributed by atoms with van der Waals surface area (Å²) in [5.74, 6) is -0.799. The smallest absolute Gasteiger partial charge is 0.306 e. The maximum atomic E-state index is 12.0. The number of nitrogens with zero attached hydrogens (tertiary/aromatic N) is 1. The van der Waals surface area contributed by atoms with Crippen LogP contribution >= 0.6 is 0 Å². The van der Waals surface area contributed by atoms with Crippen LogP contribution in [0.3, 0.4) is 0 Å². The highest BCUT2D eigenvalue weighted by molar-refractivity contribution is 7.92. The zero-order valence-electron chi connectivity index (χ0n) is 11.8. The van der Waals surface area contributed by atoms with Crippen LogP contribution in [0.25, 0.3) is 0 Å². The number of ether oxygens (including phenoxy) is 2. The SMILES string of the molecule is CCOC(=O)CCS(=O)(=O)Nc1c(C#N)cccc1OC. The minimum Gasteiger partial charge on any atom is -0.495 e. The average Bonchev–Trinajstić information content (AvgIpc) is 2.45. The number of methoxy groups -OCH3 is 1. The Hall–Kier alpha value is -2.27. The Morgan fingerprint density at radius 1 is 1.43 bits per heavy atom. The molecule has 1 aromatic rings. The number of hydrogen-bond acceptors (Lipinski definition) is 6. The number of rotatable bonds is 7. The minimum atomic E-state index is -3.80. The van der Waals surface area contributed by atoms with E-state index in [1.165, 1.54) is 19.2 Å². The predicted octanol–water partition coefficient (Wildman–Crippen LogP) is 1.26. The van der Waals surface area contributed by atoms with E-state index in [-0.39, 0.29) is 30.0 Å². The van der Waals surface area contributed by atoms with E-state index < -0.39 is 21.7 Å². The van der Waals surface area contributed by atoms with Crippen molar-refractivity contribution < 1.29 is 22.7 Å². The summed E-state index contributed by atoms with van der Waals surface area (Å²) in [4.78, 5) is 11.2. The molecule has 0 saturated carbocycles. The lowest BCUT2D eigenvalue weighted by molar-refractivity contribution is -0.142. The molecular formula is C13H16N2O5S. The molecule has 1 aromatic carbocycles. The Bertz CT molecular complexity index is 649. The van der Waals surface area contributed by atoms with Crippen molar-refractivity contribution in [1.82, 2.24) is 0 Å². The largest absolute Gasteiger partial charge is 0.495 e. The van der Waals surface area contributed by atoms with Crippen LogP contribution in [0.15, 0.2) is 18.2 Å². The monoisotopic (exact) mass is 312 g/mol. The first-order chi connectivity index (χ1) is 9.93. The van der Waals surface area contributed by atoms with Crippen molar-refractivity contribution in [2.75, 3.05) is 24.2 Å². The molecule has 1 rings (SSSR count). The molecule has 8 heteroatoms. The molecule has 0 atom stereocenters. The lowest BCUT2D eigenvalue weighted by Gasteiger charge is -2.12. The van der Waals surface area contributed by atoms with Gasteiger partial charge in [-0.05, 0) is 19.1 Å². The van der Waals surface area contributed by atoms with E-state index >= 15 is 0 Å². The van der Waals surface area contributed by atoms with Gasteiger partial charge in [0.2, 0.25) is 10.0 Å². The molecule has 0 unspecified atom stereocenters. The van der Waals surface area contributed by atoms with Crippen molar-refractivity contribution in [1.29, 1.82) is 5.26 Å². The summed E-state index contributed by atoms with van der Waals surface area (Å²) in [6.45, 7) is 1.83. The molecule has 0 amide bonds. The highest BCUT2D eigenvalue weighted by Crippen LogP contribution is 2.28. The third-order valence-electron chi connectivity index (χ3n) is 2.50. The zero-order chi connectivity index (χ0) is 15.9. The average molecular weight is 312 g/mol. The van der Waals surface area contributed by atoms with Crippen molar-refractivity contribution in [2.24, 2.45) is 0 Å². The molecule has 0 aliphatic heterocycles. The van der Waals surface area contributed by atoms with Crippen LogP contribution in [0.4, 0.5) is 5.69 Å². The molecule has 7 nitrogen and oxygen atoms in total. The fraction of sp³-hybridized carbons (Fsp3) is 0.385. The molecule has 0 heterocycles. The standard InChI is InChI=1S/C13H16N2O5S/c1-3-20-12(16)7-8-21(17,18)15-13-10(9-14)5-4-6-11(13)19-2/h4-6,15H,3,7-8H2,1-2H3. The summed E-state index contributed by atoms with van der Waals surface area (Å²) in [5, 5.41) is 9.01. The first kappa shape index (κ1) is 16.8. The first-order valence-corrected chi connectivity index (χ1v) is 7.82. The van der Waals surface area contributed by atoms with Gasteiger partial charge >= 0.3 is 5.97 Å². The van der Waals surface area contributed by atoms with Crippen LogP contribution in [0.1, 0.15) is 18.9 Å². The molecule has 0 aromatic heterocycles. The van der Waals surface area contributed by atoms with E-state index in [1.807, 2.05) is 6.07 Å². The normalized spacial score (nSPS) is 10.5. The lowest BCUT2D eigenvalue weighted by Crippen LogP contribution is -2.20. The molecule has 0 bridgehead atoms. The molecule has 0 radical (unpaired) electrons. The highest BCUT2D eigenvalue weighted by Gasteiger charge is 2.18. The number of nitrogens with one attached hydrogen (secondary N) is 1. The number of carbonyl (C=O) groups excluding carboxylic acids is 1. The zero-order valence-corrected chi connectivity index (χ0v) is 12.6. The van der Waals surface area contributed by atoms with E-state index in [1.54, 1.807) is 13.0 Å². The van der Waals surface area contributed by atoms with Crippen molar-refractivity contribution in [2.45, 2.75) is 13.3 Å². The topological polar surface area (TPSA) is 105 Å². The van der Waals surface area contributed by atoms with Gasteiger partial charge in [-0.25, -0.2) is 8.42 Å². The van der Waals surface area contributed by atoms with Gasteiger partial charge in [-0.3, -0.25) is 9.52 Å². The predicted molar refractivity (Wildman–Crippen MR) is 76.4 cm³/mol. The van der Waals surface area contributed by atoms with Gasteiger partial charge in [0, 0.05) is 0 Å². The summed E-state index contributed by atoms with van der Waals surface area (Å²) in [5.41, 5.74) is 0.195. The van der Waals surface area contributed by atoms with Crippen LogP contribution in [0.2, 0.25) is 0 Å². The fourth-order valence-corrected chi connectivity index (χ4v) is 2.62. The third-order valence-corrected chi connectivity index (χ3v) is 3.76. The van der Waals surface area contributed by atoms with Gasteiger partial charge in [-0.1, -0.05) is 6.07 Å². The van der Waals surface area contributed by atoms with Gasteiger partial charge in [-0.2, -0.15) is 5.26 Å². The lowest BCUT2D eigenvalue weighted by atomic mass is 10.2. The van der Waals surface area contributed by atoms with E-state index in [0.29, 0.717) is 0 Å². The Morgan fingerprint density at radius 3 is 2.71 bits per heavy atom. The first-order valence-electron chi connectivity index (χ1n) is 6.16. The van der Waals surface area contributed by atoms with E-state index in [2.05, 4.69) is 9.46 Å². The van der Waals surface area contributed by atoms with Crippen LogP contribution in [-0.4, -0.2) is 33.9 Å². The van der Waals surface area contributed by atoms with Crippen LogP contribution in [0.5, 0.6) is 5.75 Å². The molecule has 0 saturated heterocycles. The Morgan fingerprint density at radius 2 is 2.14 bits per heavy atom. The van der Waals surface area contributed by atoms with E-state index in [9.17, 15) is 13.2 Å². The third kappa shape index (κ3) is 4.96. The number of hydrogen-bond donors (Lipinski definition) is 1. The van der Waals surface area contributed by atoms with Gasteiger partial charge < -0.3 is 9.47 Å². The summed E-state index contributed by atoms with van der Waals surface area (Å²) < 4.78 is 35.9. The maximum absolute atomic E-state index is 12.0. The Kier molecular flexibility index (Phi) is 5.99. The summed E-state index contributed by atoms with van der Waals surface area (Å²) in [6.07, 6.45) is -0.264. The number of carbonyl (C=O) groups is 1. The molecule has 1 N–H and O–H groups in total. The highest BCUT2D eigenvalue weighted by atomic mass is 32.2. The molecule has 21 heavy (non-hydrogen) atoms. The van der Waals surface area contributed by atoms with Crippen LogP contribution in [0, 0.1) is 11.3 Å². The summed E-state index contributed by atoms with van der Waals surface area (Å²) in [6, 6.07) is 6.45. The number of benzene rings is 1. The Labute approximate surface area is 123 Å². The maximum Gasteiger partial charge on any atom is 0.306 e. The number of nitriles is 1. The molecule has 0 aliphatic rings. The molecule has 0 aliphatic carbocycles. The van der Waals surface area contributed by atoms with Crippen molar-refractivity contribution in [3.63, 3.8) is 0 Å². The van der Waals surface area contributed by atoms with Gasteiger partial charge in [-0.15, -0.1) is 0 Å². The second-order valence-corrected chi connectivity index (χ2v) is 5.81. The van der Waals surface area contributed by atoms with Crippen molar-refractivity contribution >= 4 is 21.7 Å². The van der Waals surface area contributed by atoms with Gasteiger partial charge in [0.15, 0.2) is 0 Å². The van der Waals surface area contributed by atoms with Crippen LogP contribution in [-0.2, 0) is 19.6 Å². The van der Waals surface area contributed by atoms with Crippen LogP contribution < -0.4 is 9.46 Å². The van der Waals surface area contributed by atoms with E-state index in [4.69, 9.17) is 10.00 Å².